The van der Waals surface area contributed by atoms with Gasteiger partial charge in [0.15, 0.2) is 11.4 Å². The smallest absolute Gasteiger partial charge is 0.340 e. The lowest BCUT2D eigenvalue weighted by atomic mass is 9.82. The summed E-state index contributed by atoms with van der Waals surface area (Å²) in [5.41, 5.74) is 2.41. The molecule has 128 valence electrons. The van der Waals surface area contributed by atoms with E-state index < -0.39 is 11.6 Å². The topological polar surface area (TPSA) is 63.6 Å². The van der Waals surface area contributed by atoms with Crippen molar-refractivity contribution in [1.29, 1.82) is 0 Å². The van der Waals surface area contributed by atoms with Gasteiger partial charge in [-0.15, -0.1) is 0 Å². The van der Waals surface area contributed by atoms with Crippen LogP contribution in [0.25, 0.3) is 11.1 Å². The predicted octanol–water partition coefficient (Wildman–Crippen LogP) is 3.08. The van der Waals surface area contributed by atoms with Crippen LogP contribution >= 0.6 is 0 Å². The van der Waals surface area contributed by atoms with Crippen LogP contribution in [0.4, 0.5) is 0 Å². The zero-order valence-corrected chi connectivity index (χ0v) is 13.9. The first-order valence-electron chi connectivity index (χ1n) is 8.29. The number of rotatable bonds is 3. The maximum Gasteiger partial charge on any atom is 0.340 e. The second-order valence-corrected chi connectivity index (χ2v) is 6.22. The van der Waals surface area contributed by atoms with Crippen molar-refractivity contribution in [2.24, 2.45) is 0 Å². The van der Waals surface area contributed by atoms with Crippen LogP contribution in [-0.2, 0) is 20.9 Å². The third-order valence-corrected chi connectivity index (χ3v) is 4.58. The number of allylic oxidation sites excluding steroid dienone is 2. The highest BCUT2D eigenvalue weighted by molar-refractivity contribution is 6.30. The molecule has 0 saturated carbocycles. The number of esters is 1. The largest absolute Gasteiger partial charge is 0.442 e. The average Bonchev–Trinajstić information content (AvgIpc) is 2.97. The molecule has 1 heterocycles. The number of aliphatic hydroxyl groups is 1. The summed E-state index contributed by atoms with van der Waals surface area (Å²) in [5.74, 6) is -0.580. The number of aliphatic hydroxyl groups excluding tert-OH is 1. The molecule has 26 heavy (non-hydrogen) atoms. The van der Waals surface area contributed by atoms with Crippen molar-refractivity contribution in [2.75, 3.05) is 0 Å². The highest BCUT2D eigenvalue weighted by atomic mass is 16.6. The van der Waals surface area contributed by atoms with E-state index >= 15 is 0 Å². The maximum atomic E-state index is 12.8. The Balaban J connectivity index is 1.96. The first-order chi connectivity index (χ1) is 12.6. The Labute approximate surface area is 150 Å². The summed E-state index contributed by atoms with van der Waals surface area (Å²) in [7, 11) is 0. The van der Waals surface area contributed by atoms with Gasteiger partial charge in [0, 0.05) is 5.57 Å². The van der Waals surface area contributed by atoms with Crippen molar-refractivity contribution in [3.63, 3.8) is 0 Å². The molecule has 1 aliphatic carbocycles. The quantitative estimate of drug-likeness (QED) is 0.869. The number of hydrogen-bond acceptors (Lipinski definition) is 4. The maximum absolute atomic E-state index is 12.8. The summed E-state index contributed by atoms with van der Waals surface area (Å²) in [5, 5.41) is 9.25. The van der Waals surface area contributed by atoms with Crippen LogP contribution in [0.15, 0.2) is 78.9 Å². The fourth-order valence-corrected chi connectivity index (χ4v) is 3.32. The lowest BCUT2D eigenvalue weighted by molar-refractivity contribution is -0.139. The minimum atomic E-state index is -1.09. The first kappa shape index (κ1) is 16.2. The Morgan fingerprint density at radius 3 is 2.12 bits per heavy atom. The van der Waals surface area contributed by atoms with Gasteiger partial charge < -0.3 is 9.84 Å². The molecule has 1 spiro atoms. The summed E-state index contributed by atoms with van der Waals surface area (Å²) in [4.78, 5) is 24.4. The van der Waals surface area contributed by atoms with Gasteiger partial charge in [-0.3, -0.25) is 4.79 Å². The van der Waals surface area contributed by atoms with Crippen LogP contribution in [0.3, 0.4) is 0 Å². The van der Waals surface area contributed by atoms with Gasteiger partial charge >= 0.3 is 5.97 Å². The molecule has 0 unspecified atom stereocenters. The van der Waals surface area contributed by atoms with Crippen LogP contribution in [0.1, 0.15) is 16.7 Å². The van der Waals surface area contributed by atoms with E-state index in [1.807, 2.05) is 30.3 Å². The molecule has 4 heteroatoms. The molecule has 0 radical (unpaired) electrons. The van der Waals surface area contributed by atoms with E-state index in [1.54, 1.807) is 36.4 Å². The van der Waals surface area contributed by atoms with Gasteiger partial charge in [-0.2, -0.15) is 0 Å². The summed E-state index contributed by atoms with van der Waals surface area (Å²) >= 11 is 0. The Hall–Kier alpha value is -3.24. The molecule has 1 N–H and O–H groups in total. The fourth-order valence-electron chi connectivity index (χ4n) is 3.32. The minimum Gasteiger partial charge on any atom is -0.442 e. The Bertz CT molecular complexity index is 947. The number of ketones is 1. The number of ether oxygens (including phenoxy) is 1. The summed E-state index contributed by atoms with van der Waals surface area (Å²) < 4.78 is 5.74. The van der Waals surface area contributed by atoms with E-state index in [0.29, 0.717) is 16.7 Å². The molecule has 0 amide bonds. The predicted molar refractivity (Wildman–Crippen MR) is 97.7 cm³/mol. The average molecular weight is 344 g/mol. The molecular formula is C22H16O4. The van der Waals surface area contributed by atoms with Crippen molar-refractivity contribution in [1.82, 2.24) is 0 Å². The molecule has 0 fully saturated rings. The number of benzene rings is 2. The molecule has 0 aromatic heterocycles. The molecule has 0 atom stereocenters. The van der Waals surface area contributed by atoms with Gasteiger partial charge in [-0.25, -0.2) is 4.79 Å². The van der Waals surface area contributed by atoms with Gasteiger partial charge in [0.2, 0.25) is 0 Å². The summed E-state index contributed by atoms with van der Waals surface area (Å²) in [6.45, 7) is -0.0627. The SMILES string of the molecule is O=C1C=CC2(C=C1)OC(=O)C(c1ccc(CO)cc1)=C2c1ccccc1. The molecule has 4 rings (SSSR count). The zero-order valence-electron chi connectivity index (χ0n) is 13.9. The molecule has 2 aromatic carbocycles. The van der Waals surface area contributed by atoms with Crippen molar-refractivity contribution >= 4 is 22.9 Å². The van der Waals surface area contributed by atoms with Crippen molar-refractivity contribution < 1.29 is 19.4 Å². The molecule has 2 aromatic rings. The van der Waals surface area contributed by atoms with Crippen LogP contribution in [-0.4, -0.2) is 22.5 Å². The van der Waals surface area contributed by atoms with Gasteiger partial charge in [-0.05, 0) is 41.0 Å². The van der Waals surface area contributed by atoms with Crippen molar-refractivity contribution in [2.45, 2.75) is 12.2 Å². The molecule has 0 bridgehead atoms. The third kappa shape index (κ3) is 2.61. The fraction of sp³-hybridized carbons (Fsp3) is 0.0909. The van der Waals surface area contributed by atoms with Crippen LogP contribution in [0.2, 0.25) is 0 Å². The number of carbonyl (C=O) groups is 2. The second kappa shape index (κ2) is 6.24. The highest BCUT2D eigenvalue weighted by Gasteiger charge is 2.46. The first-order valence-corrected chi connectivity index (χ1v) is 8.29. The molecule has 2 aliphatic rings. The van der Waals surface area contributed by atoms with E-state index in [4.69, 9.17) is 4.74 Å². The van der Waals surface area contributed by atoms with Crippen LogP contribution < -0.4 is 0 Å². The Kier molecular flexibility index (Phi) is 3.90. The third-order valence-electron chi connectivity index (χ3n) is 4.58. The lowest BCUT2D eigenvalue weighted by Gasteiger charge is -2.26. The highest BCUT2D eigenvalue weighted by Crippen LogP contribution is 2.46. The number of carbonyl (C=O) groups excluding carboxylic acids is 2. The second-order valence-electron chi connectivity index (χ2n) is 6.22. The van der Waals surface area contributed by atoms with E-state index in [0.717, 1.165) is 11.1 Å². The van der Waals surface area contributed by atoms with Gasteiger partial charge in [0.05, 0.1) is 12.2 Å². The molecular weight excluding hydrogens is 328 g/mol. The molecule has 0 saturated heterocycles. The lowest BCUT2D eigenvalue weighted by Crippen LogP contribution is -2.28. The zero-order chi connectivity index (χ0) is 18.1. The normalized spacial score (nSPS) is 17.9. The Morgan fingerprint density at radius 2 is 1.50 bits per heavy atom. The van der Waals surface area contributed by atoms with Crippen molar-refractivity contribution in [3.05, 3.63) is 95.6 Å². The summed E-state index contributed by atoms with van der Waals surface area (Å²) in [6.07, 6.45) is 6.11. The van der Waals surface area contributed by atoms with E-state index in [9.17, 15) is 14.7 Å². The van der Waals surface area contributed by atoms with Gasteiger partial charge in [0.1, 0.15) is 0 Å². The monoisotopic (exact) mass is 344 g/mol. The molecule has 4 nitrogen and oxygen atoms in total. The van der Waals surface area contributed by atoms with E-state index in [1.165, 1.54) is 12.2 Å². The van der Waals surface area contributed by atoms with Gasteiger partial charge in [-0.1, -0.05) is 54.6 Å². The molecule has 1 aliphatic heterocycles. The Morgan fingerprint density at radius 1 is 0.846 bits per heavy atom. The van der Waals surface area contributed by atoms with Gasteiger partial charge in [0.25, 0.3) is 0 Å². The van der Waals surface area contributed by atoms with E-state index in [-0.39, 0.29) is 12.4 Å². The summed E-state index contributed by atoms with van der Waals surface area (Å²) in [6, 6.07) is 16.7. The van der Waals surface area contributed by atoms with Crippen LogP contribution in [0.5, 0.6) is 0 Å². The standard InChI is InChI=1S/C22H16O4/c23-14-15-6-8-16(9-7-15)19-20(17-4-2-1-3-5-17)22(26-21(19)25)12-10-18(24)11-13-22/h1-13,23H,14H2. The minimum absolute atomic E-state index is 0.0627. The van der Waals surface area contributed by atoms with Crippen molar-refractivity contribution in [3.8, 4) is 0 Å². The van der Waals surface area contributed by atoms with E-state index in [2.05, 4.69) is 0 Å². The van der Waals surface area contributed by atoms with Crippen LogP contribution in [0, 0.1) is 0 Å². The number of hydrogen-bond donors (Lipinski definition) is 1.